The largest absolute Gasteiger partial charge is 0.396 e. The van der Waals surface area contributed by atoms with Gasteiger partial charge in [-0.15, -0.1) is 0 Å². The van der Waals surface area contributed by atoms with Crippen molar-refractivity contribution in [2.75, 3.05) is 6.61 Å². The van der Waals surface area contributed by atoms with Gasteiger partial charge in [0.2, 0.25) is 11.8 Å². The van der Waals surface area contributed by atoms with E-state index in [9.17, 15) is 14.4 Å². The first-order chi connectivity index (χ1) is 11.0. The fourth-order valence-corrected chi connectivity index (χ4v) is 3.08. The molecule has 122 valence electrons. The minimum atomic E-state index is -0.660. The summed E-state index contributed by atoms with van der Waals surface area (Å²) in [5, 5.41) is 11.2. The summed E-state index contributed by atoms with van der Waals surface area (Å²) >= 11 is 0. The molecule has 1 aromatic heterocycles. The highest BCUT2D eigenvalue weighted by atomic mass is 16.3. The van der Waals surface area contributed by atoms with Crippen molar-refractivity contribution in [3.8, 4) is 0 Å². The highest BCUT2D eigenvalue weighted by Crippen LogP contribution is 2.23. The molecular formula is C16H19N3O4. The predicted octanol–water partition coefficient (Wildman–Crippen LogP) is 0.243. The molecule has 1 atom stereocenters. The Morgan fingerprint density at radius 2 is 2.04 bits per heavy atom. The monoisotopic (exact) mass is 317 g/mol. The van der Waals surface area contributed by atoms with Crippen LogP contribution < -0.4 is 11.0 Å². The van der Waals surface area contributed by atoms with Crippen LogP contribution in [0.15, 0.2) is 23.0 Å². The van der Waals surface area contributed by atoms with Gasteiger partial charge in [-0.25, -0.2) is 4.79 Å². The van der Waals surface area contributed by atoms with E-state index in [4.69, 9.17) is 5.11 Å². The Bertz CT molecular complexity index is 834. The van der Waals surface area contributed by atoms with Crippen molar-refractivity contribution >= 4 is 22.8 Å². The number of carbonyl (C=O) groups excluding carboxylic acids is 2. The fraction of sp³-hybridized carbons (Fsp3) is 0.438. The second kappa shape index (κ2) is 6.00. The molecular weight excluding hydrogens is 298 g/mol. The lowest BCUT2D eigenvalue weighted by Gasteiger charge is -2.21. The number of nitrogens with one attached hydrogen (secondary N) is 1. The lowest BCUT2D eigenvalue weighted by molar-refractivity contribution is -0.135. The zero-order valence-electron chi connectivity index (χ0n) is 12.9. The number of piperidine rings is 1. The Labute approximate surface area is 132 Å². The summed E-state index contributed by atoms with van der Waals surface area (Å²) in [6, 6.07) is 4.98. The van der Waals surface area contributed by atoms with Crippen LogP contribution in [0.1, 0.15) is 30.9 Å². The molecule has 2 heterocycles. The highest BCUT2D eigenvalue weighted by molar-refractivity contribution is 6.00. The van der Waals surface area contributed by atoms with Crippen LogP contribution in [0.3, 0.4) is 0 Å². The number of nitrogens with zero attached hydrogens (tertiary/aromatic N) is 2. The first kappa shape index (κ1) is 15.5. The molecule has 0 spiro atoms. The Balaban J connectivity index is 2.07. The number of imidazole rings is 1. The van der Waals surface area contributed by atoms with Crippen molar-refractivity contribution in [1.82, 2.24) is 14.5 Å². The van der Waals surface area contributed by atoms with Crippen molar-refractivity contribution in [2.45, 2.75) is 31.7 Å². The van der Waals surface area contributed by atoms with Gasteiger partial charge >= 0.3 is 5.69 Å². The molecule has 1 aliphatic rings. The maximum Gasteiger partial charge on any atom is 0.329 e. The minimum Gasteiger partial charge on any atom is -0.396 e. The number of amides is 2. The SMILES string of the molecule is Cn1c(=O)n(C2CCC(=O)NC2=O)c2ccc(CCCO)cc21. The first-order valence-corrected chi connectivity index (χ1v) is 7.67. The lowest BCUT2D eigenvalue weighted by atomic mass is 10.1. The molecule has 2 aromatic rings. The minimum absolute atomic E-state index is 0.119. The van der Waals surface area contributed by atoms with Gasteiger partial charge in [-0.2, -0.15) is 0 Å². The number of aliphatic hydroxyl groups excluding tert-OH is 1. The predicted molar refractivity (Wildman–Crippen MR) is 84.0 cm³/mol. The molecule has 1 fully saturated rings. The quantitative estimate of drug-likeness (QED) is 0.790. The van der Waals surface area contributed by atoms with Gasteiger partial charge in [0.05, 0.1) is 11.0 Å². The zero-order valence-corrected chi connectivity index (χ0v) is 12.9. The Hall–Kier alpha value is -2.41. The summed E-state index contributed by atoms with van der Waals surface area (Å²) in [6.45, 7) is 0.119. The molecule has 0 saturated carbocycles. The molecule has 1 saturated heterocycles. The average Bonchev–Trinajstić information content (AvgIpc) is 2.77. The van der Waals surface area contributed by atoms with Gasteiger partial charge in [0, 0.05) is 20.1 Å². The summed E-state index contributed by atoms with van der Waals surface area (Å²) in [5.74, 6) is -0.731. The van der Waals surface area contributed by atoms with Gasteiger partial charge in [0.15, 0.2) is 0 Å². The van der Waals surface area contributed by atoms with E-state index in [1.165, 1.54) is 9.13 Å². The normalized spacial score (nSPS) is 18.4. The molecule has 2 N–H and O–H groups in total. The van der Waals surface area contributed by atoms with Crippen LogP contribution in [0.2, 0.25) is 0 Å². The Kier molecular flexibility index (Phi) is 4.04. The van der Waals surface area contributed by atoms with Crippen molar-refractivity contribution < 1.29 is 14.7 Å². The maximum atomic E-state index is 12.6. The van der Waals surface area contributed by atoms with E-state index < -0.39 is 11.9 Å². The Morgan fingerprint density at radius 3 is 2.74 bits per heavy atom. The van der Waals surface area contributed by atoms with Crippen molar-refractivity contribution in [3.63, 3.8) is 0 Å². The number of hydrogen-bond donors (Lipinski definition) is 2. The number of benzene rings is 1. The van der Waals surface area contributed by atoms with Crippen LogP contribution in [0.25, 0.3) is 11.0 Å². The summed E-state index contributed by atoms with van der Waals surface area (Å²) in [5.41, 5.74) is 2.19. The molecule has 0 radical (unpaired) electrons. The standard InChI is InChI=1S/C16H19N3O4/c1-18-13-9-10(3-2-8-20)4-5-11(13)19(16(18)23)12-6-7-14(21)17-15(12)22/h4-5,9,12,20H,2-3,6-8H2,1H3,(H,17,21,22). The average molecular weight is 317 g/mol. The van der Waals surface area contributed by atoms with E-state index in [2.05, 4.69) is 5.32 Å². The third-order valence-electron chi connectivity index (χ3n) is 4.30. The van der Waals surface area contributed by atoms with Crippen LogP contribution in [0, 0.1) is 0 Å². The molecule has 3 rings (SSSR count). The molecule has 1 unspecified atom stereocenters. The zero-order chi connectivity index (χ0) is 16.6. The number of hydrogen-bond acceptors (Lipinski definition) is 4. The van der Waals surface area contributed by atoms with Gasteiger partial charge < -0.3 is 5.11 Å². The van der Waals surface area contributed by atoms with Gasteiger partial charge in [-0.3, -0.25) is 24.0 Å². The van der Waals surface area contributed by atoms with Gasteiger partial charge in [0.25, 0.3) is 0 Å². The summed E-state index contributed by atoms with van der Waals surface area (Å²) < 4.78 is 2.98. The summed E-state index contributed by atoms with van der Waals surface area (Å²) in [7, 11) is 1.67. The highest BCUT2D eigenvalue weighted by Gasteiger charge is 2.31. The van der Waals surface area contributed by atoms with Gasteiger partial charge in [-0.05, 0) is 37.0 Å². The van der Waals surface area contributed by atoms with Crippen LogP contribution in [-0.2, 0) is 23.1 Å². The summed E-state index contributed by atoms with van der Waals surface area (Å²) in [6.07, 6.45) is 1.95. The number of carbonyl (C=O) groups is 2. The summed E-state index contributed by atoms with van der Waals surface area (Å²) in [4.78, 5) is 36.0. The third-order valence-corrected chi connectivity index (χ3v) is 4.30. The van der Waals surface area contributed by atoms with Crippen LogP contribution in [0.5, 0.6) is 0 Å². The number of aliphatic hydroxyl groups is 1. The van der Waals surface area contributed by atoms with Crippen LogP contribution in [0.4, 0.5) is 0 Å². The molecule has 1 aliphatic heterocycles. The molecule has 7 heteroatoms. The number of aromatic nitrogens is 2. The van der Waals surface area contributed by atoms with Crippen molar-refractivity contribution in [2.24, 2.45) is 7.05 Å². The molecule has 2 amide bonds. The second-order valence-electron chi connectivity index (χ2n) is 5.83. The first-order valence-electron chi connectivity index (χ1n) is 7.67. The number of imide groups is 1. The topological polar surface area (TPSA) is 93.3 Å². The Morgan fingerprint density at radius 1 is 1.26 bits per heavy atom. The van der Waals surface area contributed by atoms with Gasteiger partial charge in [0.1, 0.15) is 6.04 Å². The molecule has 0 bridgehead atoms. The maximum absolute atomic E-state index is 12.6. The number of aryl methyl sites for hydroxylation is 2. The van der Waals surface area contributed by atoms with E-state index in [0.29, 0.717) is 18.4 Å². The molecule has 1 aromatic carbocycles. The van der Waals surface area contributed by atoms with Crippen molar-refractivity contribution in [3.05, 3.63) is 34.2 Å². The van der Waals surface area contributed by atoms with E-state index in [1.54, 1.807) is 7.05 Å². The second-order valence-corrected chi connectivity index (χ2v) is 5.83. The van der Waals surface area contributed by atoms with Gasteiger partial charge in [-0.1, -0.05) is 6.07 Å². The van der Waals surface area contributed by atoms with Crippen LogP contribution in [-0.4, -0.2) is 32.7 Å². The smallest absolute Gasteiger partial charge is 0.329 e. The van der Waals surface area contributed by atoms with Crippen molar-refractivity contribution in [1.29, 1.82) is 0 Å². The molecule has 23 heavy (non-hydrogen) atoms. The van der Waals surface area contributed by atoms with Crippen LogP contribution >= 0.6 is 0 Å². The lowest BCUT2D eigenvalue weighted by Crippen LogP contribution is -2.44. The molecule has 7 nitrogen and oxygen atoms in total. The van der Waals surface area contributed by atoms with E-state index in [1.807, 2.05) is 18.2 Å². The number of fused-ring (bicyclic) bond motifs is 1. The van der Waals surface area contributed by atoms with E-state index in [0.717, 1.165) is 17.5 Å². The number of rotatable bonds is 4. The fourth-order valence-electron chi connectivity index (χ4n) is 3.08. The van der Waals surface area contributed by atoms with E-state index in [-0.39, 0.29) is 24.6 Å². The van der Waals surface area contributed by atoms with E-state index >= 15 is 0 Å². The molecule has 0 aliphatic carbocycles. The third kappa shape index (κ3) is 2.68.